The van der Waals surface area contributed by atoms with E-state index in [0.717, 1.165) is 0 Å². The van der Waals surface area contributed by atoms with Crippen LogP contribution in [0.15, 0.2) is 0 Å². The van der Waals surface area contributed by atoms with Crippen LogP contribution in [0.25, 0.3) is 0 Å². The molecular weight excluding hydrogens is 182 g/mol. The molecule has 0 saturated carbocycles. The first-order chi connectivity index (χ1) is 6.43. The maximum Gasteiger partial charge on any atom is 0.313 e. The Labute approximate surface area is 85.2 Å². The third-order valence-electron chi connectivity index (χ3n) is 1.76. The molecule has 0 aromatic rings. The highest BCUT2D eigenvalue weighted by Crippen LogP contribution is 1.99. The second-order valence-electron chi connectivity index (χ2n) is 3.82. The molecule has 4 heteroatoms. The van der Waals surface area contributed by atoms with Gasteiger partial charge in [-0.2, -0.15) is 0 Å². The summed E-state index contributed by atoms with van der Waals surface area (Å²) in [5.41, 5.74) is 0. The van der Waals surface area contributed by atoms with Crippen molar-refractivity contribution in [2.45, 2.75) is 20.3 Å². The lowest BCUT2D eigenvalue weighted by molar-refractivity contribution is -0.146. The smallest absolute Gasteiger partial charge is 0.313 e. The van der Waals surface area contributed by atoms with Crippen molar-refractivity contribution < 1.29 is 14.3 Å². The fourth-order valence-electron chi connectivity index (χ4n) is 0.739. The van der Waals surface area contributed by atoms with Crippen molar-refractivity contribution in [3.8, 4) is 0 Å². The molecule has 0 heterocycles. The van der Waals surface area contributed by atoms with Gasteiger partial charge in [-0.05, 0) is 14.1 Å². The zero-order valence-electron chi connectivity index (χ0n) is 9.37. The number of Topliss-reactive ketones (excluding diaryl/α,β-unsaturated/α-hetero) is 1. The summed E-state index contributed by atoms with van der Waals surface area (Å²) in [6.07, 6.45) is -0.106. The minimum atomic E-state index is -0.425. The second kappa shape index (κ2) is 6.54. The highest BCUT2D eigenvalue weighted by atomic mass is 16.5. The first-order valence-corrected chi connectivity index (χ1v) is 4.76. The molecule has 0 spiro atoms. The van der Waals surface area contributed by atoms with Crippen molar-refractivity contribution in [3.63, 3.8) is 0 Å². The van der Waals surface area contributed by atoms with Gasteiger partial charge in [0.2, 0.25) is 0 Å². The number of ketones is 1. The third-order valence-corrected chi connectivity index (χ3v) is 1.76. The summed E-state index contributed by atoms with van der Waals surface area (Å²) in [6.45, 7) is 4.57. The van der Waals surface area contributed by atoms with E-state index in [2.05, 4.69) is 0 Å². The lowest BCUT2D eigenvalue weighted by Gasteiger charge is -2.10. The largest absolute Gasteiger partial charge is 0.464 e. The van der Waals surface area contributed by atoms with Crippen molar-refractivity contribution in [2.75, 3.05) is 27.2 Å². The molecule has 0 aromatic carbocycles. The fraction of sp³-hybridized carbons (Fsp3) is 0.800. The van der Waals surface area contributed by atoms with E-state index in [1.807, 2.05) is 19.0 Å². The van der Waals surface area contributed by atoms with Gasteiger partial charge in [-0.1, -0.05) is 13.8 Å². The Balaban J connectivity index is 3.61. The molecule has 0 aromatic heterocycles. The summed E-state index contributed by atoms with van der Waals surface area (Å²) in [6, 6.07) is 0. The number of likely N-dealkylation sites (N-methyl/N-ethyl adjacent to an activating group) is 1. The van der Waals surface area contributed by atoms with Gasteiger partial charge in [-0.3, -0.25) is 9.59 Å². The SMILES string of the molecule is CC(C)C(=O)CC(=O)OCCN(C)C. The van der Waals surface area contributed by atoms with E-state index in [0.29, 0.717) is 13.2 Å². The van der Waals surface area contributed by atoms with Gasteiger partial charge in [0.1, 0.15) is 18.8 Å². The molecule has 0 aliphatic rings. The van der Waals surface area contributed by atoms with E-state index in [4.69, 9.17) is 4.74 Å². The molecule has 0 N–H and O–H groups in total. The molecule has 0 rings (SSSR count). The van der Waals surface area contributed by atoms with Crippen LogP contribution in [0, 0.1) is 5.92 Å². The number of rotatable bonds is 6. The van der Waals surface area contributed by atoms with Crippen LogP contribution in [0.4, 0.5) is 0 Å². The quantitative estimate of drug-likeness (QED) is 0.469. The molecule has 4 nitrogen and oxygen atoms in total. The molecule has 0 saturated heterocycles. The summed E-state index contributed by atoms with van der Waals surface area (Å²) in [4.78, 5) is 24.1. The Hall–Kier alpha value is -0.900. The minimum Gasteiger partial charge on any atom is -0.464 e. The molecule has 0 unspecified atom stereocenters. The van der Waals surface area contributed by atoms with Crippen LogP contribution in [0.2, 0.25) is 0 Å². The first kappa shape index (κ1) is 13.1. The van der Waals surface area contributed by atoms with Crippen molar-refractivity contribution in [2.24, 2.45) is 5.92 Å². The second-order valence-corrected chi connectivity index (χ2v) is 3.82. The number of carbonyl (C=O) groups is 2. The predicted molar refractivity (Wildman–Crippen MR) is 54.0 cm³/mol. The predicted octanol–water partition coefficient (Wildman–Crippen LogP) is 0.706. The minimum absolute atomic E-state index is 0.0696. The van der Waals surface area contributed by atoms with Gasteiger partial charge >= 0.3 is 5.97 Å². The Bertz CT molecular complexity index is 200. The van der Waals surface area contributed by atoms with E-state index < -0.39 is 5.97 Å². The zero-order valence-corrected chi connectivity index (χ0v) is 9.37. The van der Waals surface area contributed by atoms with Crippen LogP contribution < -0.4 is 0 Å². The molecule has 82 valence electrons. The topological polar surface area (TPSA) is 46.6 Å². The number of hydrogen-bond acceptors (Lipinski definition) is 4. The third kappa shape index (κ3) is 6.60. The highest BCUT2D eigenvalue weighted by molar-refractivity contribution is 5.96. The Morgan fingerprint density at radius 3 is 2.29 bits per heavy atom. The van der Waals surface area contributed by atoms with Crippen LogP contribution >= 0.6 is 0 Å². The maximum absolute atomic E-state index is 11.1. The molecule has 0 aliphatic carbocycles. The molecule has 14 heavy (non-hydrogen) atoms. The first-order valence-electron chi connectivity index (χ1n) is 4.76. The lowest BCUT2D eigenvalue weighted by Crippen LogP contribution is -2.22. The van der Waals surface area contributed by atoms with Crippen molar-refractivity contribution in [3.05, 3.63) is 0 Å². The van der Waals surface area contributed by atoms with Gasteiger partial charge in [-0.15, -0.1) is 0 Å². The molecule has 0 aliphatic heterocycles. The summed E-state index contributed by atoms with van der Waals surface area (Å²) in [7, 11) is 3.79. The van der Waals surface area contributed by atoms with Crippen LogP contribution in [0.3, 0.4) is 0 Å². The monoisotopic (exact) mass is 201 g/mol. The number of esters is 1. The maximum atomic E-state index is 11.1. The van der Waals surface area contributed by atoms with E-state index in [-0.39, 0.29) is 18.1 Å². The molecule has 0 fully saturated rings. The summed E-state index contributed by atoms with van der Waals surface area (Å²) >= 11 is 0. The van der Waals surface area contributed by atoms with E-state index >= 15 is 0 Å². The van der Waals surface area contributed by atoms with Gasteiger partial charge in [0.25, 0.3) is 0 Å². The van der Waals surface area contributed by atoms with Gasteiger partial charge in [0.05, 0.1) is 0 Å². The van der Waals surface area contributed by atoms with E-state index in [1.165, 1.54) is 0 Å². The van der Waals surface area contributed by atoms with E-state index in [9.17, 15) is 9.59 Å². The number of hydrogen-bond donors (Lipinski definition) is 0. The van der Waals surface area contributed by atoms with Crippen LogP contribution in [0.5, 0.6) is 0 Å². The van der Waals surface area contributed by atoms with Crippen molar-refractivity contribution in [1.82, 2.24) is 4.90 Å². The molecular formula is C10H19NO3. The summed E-state index contributed by atoms with van der Waals surface area (Å²) in [5, 5.41) is 0. The summed E-state index contributed by atoms with van der Waals surface area (Å²) < 4.78 is 4.87. The van der Waals surface area contributed by atoms with Gasteiger partial charge in [-0.25, -0.2) is 0 Å². The van der Waals surface area contributed by atoms with Crippen molar-refractivity contribution >= 4 is 11.8 Å². The zero-order chi connectivity index (χ0) is 11.1. The molecule has 0 bridgehead atoms. The number of nitrogens with zero attached hydrogens (tertiary/aromatic N) is 1. The van der Waals surface area contributed by atoms with Crippen molar-refractivity contribution in [1.29, 1.82) is 0 Å². The number of carbonyl (C=O) groups excluding carboxylic acids is 2. The standard InChI is InChI=1S/C10H19NO3/c1-8(2)9(12)7-10(13)14-6-5-11(3)4/h8H,5-7H2,1-4H3. The Morgan fingerprint density at radius 1 is 1.29 bits per heavy atom. The van der Waals surface area contributed by atoms with Crippen LogP contribution in [-0.4, -0.2) is 43.9 Å². The fourth-order valence-corrected chi connectivity index (χ4v) is 0.739. The van der Waals surface area contributed by atoms with Gasteiger partial charge in [0.15, 0.2) is 0 Å². The van der Waals surface area contributed by atoms with E-state index in [1.54, 1.807) is 13.8 Å². The van der Waals surface area contributed by atoms with Gasteiger partial charge < -0.3 is 9.64 Å². The summed E-state index contributed by atoms with van der Waals surface area (Å²) in [5.74, 6) is -0.596. The lowest BCUT2D eigenvalue weighted by atomic mass is 10.1. The normalized spacial score (nSPS) is 10.7. The molecule has 0 radical (unpaired) electrons. The van der Waals surface area contributed by atoms with Crippen LogP contribution in [0.1, 0.15) is 20.3 Å². The average molecular weight is 201 g/mol. The molecule has 0 amide bonds. The number of ether oxygens (including phenoxy) is 1. The average Bonchev–Trinajstić information content (AvgIpc) is 2.02. The Kier molecular flexibility index (Phi) is 6.12. The molecule has 0 atom stereocenters. The Morgan fingerprint density at radius 2 is 1.86 bits per heavy atom. The highest BCUT2D eigenvalue weighted by Gasteiger charge is 2.13. The van der Waals surface area contributed by atoms with Gasteiger partial charge in [0, 0.05) is 12.5 Å². The van der Waals surface area contributed by atoms with Crippen LogP contribution in [-0.2, 0) is 14.3 Å².